The van der Waals surface area contributed by atoms with E-state index in [1.54, 1.807) is 34.6 Å². The molecule has 1 amide bonds. The molecule has 0 saturated heterocycles. The highest BCUT2D eigenvalue weighted by Crippen LogP contribution is 2.16. The van der Waals surface area contributed by atoms with Crippen LogP contribution in [-0.2, 0) is 20.6 Å². The van der Waals surface area contributed by atoms with Gasteiger partial charge in [-0.25, -0.2) is 0 Å². The third-order valence-corrected chi connectivity index (χ3v) is 3.08. The van der Waals surface area contributed by atoms with Gasteiger partial charge >= 0.3 is 0 Å². The average molecular weight is 312 g/mol. The molecule has 18 heavy (non-hydrogen) atoms. The van der Waals surface area contributed by atoms with Crippen LogP contribution in [0.4, 0.5) is 0 Å². The molecule has 0 aliphatic heterocycles. The number of halogens is 1. The van der Waals surface area contributed by atoms with Gasteiger partial charge < -0.3 is 4.90 Å². The summed E-state index contributed by atoms with van der Waals surface area (Å²) in [5, 5.41) is 8.37. The number of aromatic nitrogens is 4. The Balaban J connectivity index is 2.11. The molecule has 2 aromatic heterocycles. The van der Waals surface area contributed by atoms with Crippen molar-refractivity contribution in [2.75, 3.05) is 7.05 Å². The Labute approximate surface area is 113 Å². The van der Waals surface area contributed by atoms with E-state index in [2.05, 4.69) is 26.1 Å². The van der Waals surface area contributed by atoms with E-state index in [-0.39, 0.29) is 5.91 Å². The van der Waals surface area contributed by atoms with Gasteiger partial charge in [0.1, 0.15) is 0 Å². The minimum Gasteiger partial charge on any atom is -0.334 e. The average Bonchev–Trinajstić information content (AvgIpc) is 2.84. The number of rotatable bonds is 3. The molecule has 0 aliphatic rings. The molecule has 0 saturated carbocycles. The van der Waals surface area contributed by atoms with Crippen LogP contribution in [0, 0.1) is 0 Å². The number of nitrogens with zero attached hydrogens (tertiary/aromatic N) is 5. The van der Waals surface area contributed by atoms with Crippen LogP contribution in [-0.4, -0.2) is 37.4 Å². The fourth-order valence-electron chi connectivity index (χ4n) is 1.65. The fourth-order valence-corrected chi connectivity index (χ4v) is 2.19. The molecule has 2 heterocycles. The molecule has 0 aliphatic carbocycles. The summed E-state index contributed by atoms with van der Waals surface area (Å²) in [6.07, 6.45) is 3.60. The maximum atomic E-state index is 12.2. The monoisotopic (exact) mass is 311 g/mol. The molecule has 0 fully saturated rings. The van der Waals surface area contributed by atoms with Crippen LogP contribution in [0.15, 0.2) is 22.9 Å². The molecule has 0 radical (unpaired) electrons. The molecule has 6 nitrogen and oxygen atoms in total. The first-order chi connectivity index (χ1) is 8.47. The lowest BCUT2D eigenvalue weighted by Crippen LogP contribution is -2.27. The van der Waals surface area contributed by atoms with Crippen molar-refractivity contribution in [1.82, 2.24) is 24.5 Å². The summed E-state index contributed by atoms with van der Waals surface area (Å²) in [5.74, 6) is -0.131. The molecule has 0 unspecified atom stereocenters. The SMILES string of the molecule is CN(Cc1ccn(C)n1)C(=O)c1nn(C)cc1Br. The van der Waals surface area contributed by atoms with Crippen molar-refractivity contribution in [3.8, 4) is 0 Å². The highest BCUT2D eigenvalue weighted by atomic mass is 79.9. The van der Waals surface area contributed by atoms with Gasteiger partial charge in [-0.15, -0.1) is 0 Å². The van der Waals surface area contributed by atoms with E-state index in [4.69, 9.17) is 0 Å². The lowest BCUT2D eigenvalue weighted by molar-refractivity contribution is 0.0775. The molecule has 2 rings (SSSR count). The van der Waals surface area contributed by atoms with Crippen LogP contribution in [0.25, 0.3) is 0 Å². The van der Waals surface area contributed by atoms with Crippen LogP contribution in [0.2, 0.25) is 0 Å². The van der Waals surface area contributed by atoms with Gasteiger partial charge in [0.2, 0.25) is 0 Å². The van der Waals surface area contributed by atoms with Crippen LogP contribution < -0.4 is 0 Å². The summed E-state index contributed by atoms with van der Waals surface area (Å²) in [4.78, 5) is 13.8. The minimum absolute atomic E-state index is 0.131. The minimum atomic E-state index is -0.131. The van der Waals surface area contributed by atoms with Crippen molar-refractivity contribution >= 4 is 21.8 Å². The Bertz CT molecular complexity index is 574. The quantitative estimate of drug-likeness (QED) is 0.855. The van der Waals surface area contributed by atoms with E-state index in [9.17, 15) is 4.79 Å². The van der Waals surface area contributed by atoms with Crippen molar-refractivity contribution in [2.24, 2.45) is 14.1 Å². The van der Waals surface area contributed by atoms with E-state index in [0.29, 0.717) is 16.7 Å². The summed E-state index contributed by atoms with van der Waals surface area (Å²) in [6.45, 7) is 0.461. The zero-order valence-electron chi connectivity index (χ0n) is 10.5. The summed E-state index contributed by atoms with van der Waals surface area (Å²) in [7, 11) is 5.36. The predicted molar refractivity (Wildman–Crippen MR) is 69.9 cm³/mol. The summed E-state index contributed by atoms with van der Waals surface area (Å²) in [5.41, 5.74) is 1.26. The van der Waals surface area contributed by atoms with Crippen molar-refractivity contribution in [2.45, 2.75) is 6.54 Å². The van der Waals surface area contributed by atoms with Crippen LogP contribution >= 0.6 is 15.9 Å². The zero-order valence-corrected chi connectivity index (χ0v) is 12.0. The molecule has 7 heteroatoms. The van der Waals surface area contributed by atoms with Gasteiger partial charge in [0.25, 0.3) is 5.91 Å². The molecule has 96 valence electrons. The first-order valence-electron chi connectivity index (χ1n) is 5.40. The number of amides is 1. The molecular formula is C11H14BrN5O. The standard InChI is InChI=1S/C11H14BrN5O/c1-15(6-8-4-5-16(2)13-8)11(18)10-9(12)7-17(3)14-10/h4-5,7H,6H2,1-3H3. The van der Waals surface area contributed by atoms with E-state index in [0.717, 1.165) is 5.69 Å². The molecule has 0 bridgehead atoms. The molecule has 0 aromatic carbocycles. The smallest absolute Gasteiger partial charge is 0.275 e. The van der Waals surface area contributed by atoms with Gasteiger partial charge in [0, 0.05) is 33.5 Å². The van der Waals surface area contributed by atoms with E-state index < -0.39 is 0 Å². The van der Waals surface area contributed by atoms with E-state index in [1.165, 1.54) is 0 Å². The van der Waals surface area contributed by atoms with Crippen LogP contribution in [0.3, 0.4) is 0 Å². The summed E-state index contributed by atoms with van der Waals surface area (Å²) < 4.78 is 4.01. The molecule has 0 N–H and O–H groups in total. The second-order valence-electron chi connectivity index (χ2n) is 4.14. The molecular weight excluding hydrogens is 298 g/mol. The van der Waals surface area contributed by atoms with Gasteiger partial charge in [-0.1, -0.05) is 0 Å². The second kappa shape index (κ2) is 4.93. The van der Waals surface area contributed by atoms with Crippen molar-refractivity contribution in [3.63, 3.8) is 0 Å². The Kier molecular flexibility index (Phi) is 3.51. The number of hydrogen-bond donors (Lipinski definition) is 0. The Morgan fingerprint density at radius 3 is 2.61 bits per heavy atom. The van der Waals surface area contributed by atoms with Gasteiger partial charge in [-0.3, -0.25) is 14.2 Å². The van der Waals surface area contributed by atoms with E-state index >= 15 is 0 Å². The fraction of sp³-hybridized carbons (Fsp3) is 0.364. The van der Waals surface area contributed by atoms with Crippen molar-refractivity contribution in [1.29, 1.82) is 0 Å². The van der Waals surface area contributed by atoms with Crippen molar-refractivity contribution < 1.29 is 4.79 Å². The normalized spacial score (nSPS) is 10.7. The summed E-state index contributed by atoms with van der Waals surface area (Å²) in [6, 6.07) is 1.89. The first-order valence-corrected chi connectivity index (χ1v) is 6.20. The largest absolute Gasteiger partial charge is 0.334 e. The number of hydrogen-bond acceptors (Lipinski definition) is 3. The van der Waals surface area contributed by atoms with E-state index in [1.807, 2.05) is 19.3 Å². The molecule has 0 spiro atoms. The molecule has 0 atom stereocenters. The van der Waals surface area contributed by atoms with Gasteiger partial charge in [0.15, 0.2) is 5.69 Å². The topological polar surface area (TPSA) is 56.0 Å². The first kappa shape index (κ1) is 12.8. The second-order valence-corrected chi connectivity index (χ2v) is 5.00. The Hall–Kier alpha value is -1.63. The molecule has 2 aromatic rings. The highest BCUT2D eigenvalue weighted by molar-refractivity contribution is 9.10. The zero-order chi connectivity index (χ0) is 13.3. The van der Waals surface area contributed by atoms with Gasteiger partial charge in [-0.05, 0) is 22.0 Å². The van der Waals surface area contributed by atoms with Crippen molar-refractivity contribution in [3.05, 3.63) is 34.3 Å². The predicted octanol–water partition coefficient (Wildman–Crippen LogP) is 1.19. The van der Waals surface area contributed by atoms with Crippen LogP contribution in [0.5, 0.6) is 0 Å². The highest BCUT2D eigenvalue weighted by Gasteiger charge is 2.19. The number of aryl methyl sites for hydroxylation is 2. The summed E-state index contributed by atoms with van der Waals surface area (Å²) >= 11 is 3.32. The Morgan fingerprint density at radius 2 is 2.11 bits per heavy atom. The number of carbonyl (C=O) groups excluding carboxylic acids is 1. The maximum Gasteiger partial charge on any atom is 0.275 e. The number of carbonyl (C=O) groups is 1. The van der Waals surface area contributed by atoms with Gasteiger partial charge in [-0.2, -0.15) is 10.2 Å². The third-order valence-electron chi connectivity index (χ3n) is 2.50. The lowest BCUT2D eigenvalue weighted by Gasteiger charge is -2.14. The third kappa shape index (κ3) is 2.61. The van der Waals surface area contributed by atoms with Gasteiger partial charge in [0.05, 0.1) is 16.7 Å². The maximum absolute atomic E-state index is 12.2. The lowest BCUT2D eigenvalue weighted by atomic mass is 10.3. The Morgan fingerprint density at radius 1 is 1.39 bits per heavy atom. The van der Waals surface area contributed by atoms with Crippen LogP contribution in [0.1, 0.15) is 16.2 Å².